The summed E-state index contributed by atoms with van der Waals surface area (Å²) in [5, 5.41) is 6.34. The summed E-state index contributed by atoms with van der Waals surface area (Å²) in [6, 6.07) is -0.212. The predicted molar refractivity (Wildman–Crippen MR) is 59.9 cm³/mol. The topological polar surface area (TPSA) is 87.1 Å². The summed E-state index contributed by atoms with van der Waals surface area (Å²) in [4.78, 5) is 14.3. The van der Waals surface area contributed by atoms with Crippen molar-refractivity contribution in [1.29, 1.82) is 0 Å². The second-order valence-corrected chi connectivity index (χ2v) is 5.02. The van der Waals surface area contributed by atoms with E-state index in [2.05, 4.69) is 15.3 Å². The fraction of sp³-hybridized carbons (Fsp3) is 0.900. The maximum atomic E-state index is 11.5. The van der Waals surface area contributed by atoms with Crippen LogP contribution in [0.4, 0.5) is 4.79 Å². The Balaban J connectivity index is 2.47. The highest BCUT2D eigenvalue weighted by molar-refractivity contribution is 5.68. The Labute approximate surface area is 95.0 Å². The van der Waals surface area contributed by atoms with Gasteiger partial charge in [-0.1, -0.05) is 5.11 Å². The Bertz CT molecular complexity index is 304. The number of azide groups is 1. The molecule has 1 rings (SSSR count). The van der Waals surface area contributed by atoms with E-state index < -0.39 is 6.09 Å². The van der Waals surface area contributed by atoms with Crippen molar-refractivity contribution < 1.29 is 9.53 Å². The summed E-state index contributed by atoms with van der Waals surface area (Å²) in [6.45, 7) is 5.65. The van der Waals surface area contributed by atoms with E-state index in [-0.39, 0.29) is 17.7 Å². The Hall–Kier alpha value is -1.42. The molecule has 1 aliphatic rings. The third kappa shape index (κ3) is 3.98. The van der Waals surface area contributed by atoms with Gasteiger partial charge < -0.3 is 10.1 Å². The van der Waals surface area contributed by atoms with Gasteiger partial charge in [0.25, 0.3) is 0 Å². The van der Waals surface area contributed by atoms with Crippen molar-refractivity contribution in [2.24, 2.45) is 5.11 Å². The maximum absolute atomic E-state index is 11.5. The molecule has 16 heavy (non-hydrogen) atoms. The van der Waals surface area contributed by atoms with Gasteiger partial charge in [0.05, 0.1) is 6.04 Å². The summed E-state index contributed by atoms with van der Waals surface area (Å²) < 4.78 is 5.24. The number of ether oxygens (including phenoxy) is 1. The molecular formula is C10H18N4O2. The Morgan fingerprint density at radius 3 is 2.75 bits per heavy atom. The van der Waals surface area contributed by atoms with E-state index >= 15 is 0 Å². The van der Waals surface area contributed by atoms with Gasteiger partial charge >= 0.3 is 6.09 Å². The molecule has 0 spiro atoms. The van der Waals surface area contributed by atoms with Crippen LogP contribution in [0.3, 0.4) is 0 Å². The van der Waals surface area contributed by atoms with E-state index in [0.717, 1.165) is 19.3 Å². The van der Waals surface area contributed by atoms with Crippen LogP contribution in [0.25, 0.3) is 10.4 Å². The molecule has 0 aromatic rings. The lowest BCUT2D eigenvalue weighted by Crippen LogP contribution is -2.43. The predicted octanol–water partition coefficient (Wildman–Crippen LogP) is 2.74. The highest BCUT2D eigenvalue weighted by Gasteiger charge is 2.30. The number of alkyl carbamates (subject to hydrolysis) is 1. The minimum atomic E-state index is -0.447. The Kier molecular flexibility index (Phi) is 4.01. The average Bonchev–Trinajstić information content (AvgIpc) is 2.50. The molecule has 0 aromatic carbocycles. The monoisotopic (exact) mass is 226 g/mol. The zero-order valence-electron chi connectivity index (χ0n) is 9.93. The maximum Gasteiger partial charge on any atom is 0.407 e. The fourth-order valence-corrected chi connectivity index (χ4v) is 1.72. The SMILES string of the molecule is CC(C)(C)NC(=O)O[C@@H]1CCC[C@H]1N=[N+]=[N-]. The van der Waals surface area contributed by atoms with Crippen molar-refractivity contribution in [2.75, 3.05) is 0 Å². The van der Waals surface area contributed by atoms with Crippen LogP contribution in [0.2, 0.25) is 0 Å². The van der Waals surface area contributed by atoms with Crippen molar-refractivity contribution in [1.82, 2.24) is 5.32 Å². The van der Waals surface area contributed by atoms with Crippen molar-refractivity contribution in [3.63, 3.8) is 0 Å². The molecule has 90 valence electrons. The molecule has 6 heteroatoms. The molecule has 1 fully saturated rings. The normalized spacial score (nSPS) is 24.7. The minimum absolute atomic E-state index is 0.212. The van der Waals surface area contributed by atoms with E-state index in [1.54, 1.807) is 0 Å². The molecule has 1 amide bonds. The van der Waals surface area contributed by atoms with Crippen molar-refractivity contribution in [3.8, 4) is 0 Å². The second kappa shape index (κ2) is 5.07. The number of carbonyl (C=O) groups is 1. The van der Waals surface area contributed by atoms with Crippen molar-refractivity contribution in [3.05, 3.63) is 10.4 Å². The van der Waals surface area contributed by atoms with Crippen molar-refractivity contribution >= 4 is 6.09 Å². The molecule has 0 bridgehead atoms. The summed E-state index contributed by atoms with van der Waals surface area (Å²) >= 11 is 0. The molecule has 2 atom stereocenters. The van der Waals surface area contributed by atoms with Gasteiger partial charge in [0, 0.05) is 10.5 Å². The quantitative estimate of drug-likeness (QED) is 0.445. The van der Waals surface area contributed by atoms with Crippen LogP contribution < -0.4 is 5.32 Å². The van der Waals surface area contributed by atoms with Gasteiger partial charge in [-0.3, -0.25) is 0 Å². The first-order valence-corrected chi connectivity index (χ1v) is 5.45. The van der Waals surface area contributed by atoms with Crippen LogP contribution >= 0.6 is 0 Å². The van der Waals surface area contributed by atoms with Gasteiger partial charge in [0.1, 0.15) is 6.10 Å². The number of hydrogen-bond acceptors (Lipinski definition) is 3. The van der Waals surface area contributed by atoms with E-state index in [9.17, 15) is 4.79 Å². The first kappa shape index (κ1) is 12.6. The highest BCUT2D eigenvalue weighted by atomic mass is 16.6. The standard InChI is InChI=1S/C10H18N4O2/c1-10(2,3)12-9(15)16-8-6-4-5-7(8)13-14-11/h7-8H,4-6H2,1-3H3,(H,12,15)/t7-,8-/m1/s1. The van der Waals surface area contributed by atoms with E-state index in [1.807, 2.05) is 20.8 Å². The molecule has 0 aromatic heterocycles. The minimum Gasteiger partial charge on any atom is -0.446 e. The second-order valence-electron chi connectivity index (χ2n) is 5.02. The lowest BCUT2D eigenvalue weighted by molar-refractivity contribution is 0.0867. The van der Waals surface area contributed by atoms with Crippen LogP contribution in [0.1, 0.15) is 40.0 Å². The third-order valence-corrected chi connectivity index (χ3v) is 2.35. The van der Waals surface area contributed by atoms with Crippen LogP contribution in [-0.2, 0) is 4.74 Å². The molecule has 0 heterocycles. The summed E-state index contributed by atoms with van der Waals surface area (Å²) in [5.74, 6) is 0. The molecule has 0 aliphatic heterocycles. The lowest BCUT2D eigenvalue weighted by Gasteiger charge is -2.23. The fourth-order valence-electron chi connectivity index (χ4n) is 1.72. The molecular weight excluding hydrogens is 208 g/mol. The van der Waals surface area contributed by atoms with Gasteiger partial charge in [0.15, 0.2) is 0 Å². The number of nitrogens with zero attached hydrogens (tertiary/aromatic N) is 3. The van der Waals surface area contributed by atoms with Crippen LogP contribution in [0.15, 0.2) is 5.11 Å². The molecule has 0 radical (unpaired) electrons. The lowest BCUT2D eigenvalue weighted by atomic mass is 10.1. The largest absolute Gasteiger partial charge is 0.446 e. The molecule has 0 unspecified atom stereocenters. The number of rotatable bonds is 2. The molecule has 6 nitrogen and oxygen atoms in total. The van der Waals surface area contributed by atoms with Crippen LogP contribution in [-0.4, -0.2) is 23.8 Å². The van der Waals surface area contributed by atoms with E-state index in [4.69, 9.17) is 10.3 Å². The Morgan fingerprint density at radius 1 is 1.50 bits per heavy atom. The Morgan fingerprint density at radius 2 is 2.19 bits per heavy atom. The average molecular weight is 226 g/mol. The van der Waals surface area contributed by atoms with Crippen LogP contribution in [0, 0.1) is 0 Å². The number of amides is 1. The van der Waals surface area contributed by atoms with Crippen molar-refractivity contribution in [2.45, 2.75) is 57.7 Å². The summed E-state index contributed by atoms with van der Waals surface area (Å²) in [6.07, 6.45) is 1.76. The van der Waals surface area contributed by atoms with E-state index in [0.29, 0.717) is 0 Å². The number of nitrogens with one attached hydrogen (secondary N) is 1. The van der Waals surface area contributed by atoms with E-state index in [1.165, 1.54) is 0 Å². The summed E-state index contributed by atoms with van der Waals surface area (Å²) in [5.41, 5.74) is 8.05. The zero-order chi connectivity index (χ0) is 12.2. The smallest absolute Gasteiger partial charge is 0.407 e. The zero-order valence-corrected chi connectivity index (χ0v) is 9.93. The van der Waals surface area contributed by atoms with Gasteiger partial charge in [-0.15, -0.1) is 0 Å². The van der Waals surface area contributed by atoms with Gasteiger partial charge in [-0.25, -0.2) is 4.79 Å². The number of hydrogen-bond donors (Lipinski definition) is 1. The molecule has 1 aliphatic carbocycles. The molecule has 0 saturated heterocycles. The molecule has 1 N–H and O–H groups in total. The first-order valence-electron chi connectivity index (χ1n) is 5.45. The summed E-state index contributed by atoms with van der Waals surface area (Å²) in [7, 11) is 0. The van der Waals surface area contributed by atoms with Gasteiger partial charge in [-0.2, -0.15) is 0 Å². The first-order chi connectivity index (χ1) is 7.42. The molecule has 1 saturated carbocycles. The highest BCUT2D eigenvalue weighted by Crippen LogP contribution is 2.25. The third-order valence-electron chi connectivity index (χ3n) is 2.35. The number of carbonyl (C=O) groups excluding carboxylic acids is 1. The van der Waals surface area contributed by atoms with Gasteiger partial charge in [-0.05, 0) is 45.6 Å². The van der Waals surface area contributed by atoms with Gasteiger partial charge in [0.2, 0.25) is 0 Å². The van der Waals surface area contributed by atoms with Crippen LogP contribution in [0.5, 0.6) is 0 Å².